The van der Waals surface area contributed by atoms with Gasteiger partial charge in [-0.25, -0.2) is 19.9 Å². The van der Waals surface area contributed by atoms with Crippen LogP contribution in [-0.4, -0.2) is 26.7 Å². The monoisotopic (exact) mass is 377 g/mol. The molecule has 2 aromatic rings. The fourth-order valence-electron chi connectivity index (χ4n) is 3.31. The molecule has 0 saturated carbocycles. The van der Waals surface area contributed by atoms with E-state index in [4.69, 9.17) is 15.0 Å². The number of aliphatic imine (C=N–C) groups is 1. The average molecular weight is 378 g/mol. The Hall–Kier alpha value is -2.56. The van der Waals surface area contributed by atoms with Crippen LogP contribution >= 0.6 is 0 Å². The Kier molecular flexibility index (Phi) is 6.22. The van der Waals surface area contributed by atoms with Crippen molar-refractivity contribution in [3.05, 3.63) is 46.9 Å². The number of nitrogens with zero attached hydrogens (tertiary/aromatic N) is 4. The molecule has 5 heteroatoms. The average Bonchev–Trinajstić information content (AvgIpc) is 3.05. The molecule has 0 saturated heterocycles. The minimum Gasteiger partial charge on any atom is -0.352 e. The summed E-state index contributed by atoms with van der Waals surface area (Å²) in [5, 5.41) is 3.28. The third kappa shape index (κ3) is 4.64. The molecule has 0 aromatic carbocycles. The molecular weight excluding hydrogens is 346 g/mol. The normalized spacial score (nSPS) is 13.9. The van der Waals surface area contributed by atoms with Gasteiger partial charge in [-0.2, -0.15) is 0 Å². The maximum atomic E-state index is 4.73. The summed E-state index contributed by atoms with van der Waals surface area (Å²) < 4.78 is 0. The smallest absolute Gasteiger partial charge is 0.223 e. The molecule has 0 amide bonds. The van der Waals surface area contributed by atoms with Gasteiger partial charge in [-0.05, 0) is 56.7 Å². The third-order valence-corrected chi connectivity index (χ3v) is 4.77. The second-order valence-corrected chi connectivity index (χ2v) is 8.18. The van der Waals surface area contributed by atoms with Gasteiger partial charge in [0, 0.05) is 41.7 Å². The van der Waals surface area contributed by atoms with Gasteiger partial charge >= 0.3 is 0 Å². The summed E-state index contributed by atoms with van der Waals surface area (Å²) in [7, 11) is 0. The van der Waals surface area contributed by atoms with Crippen LogP contribution in [0, 0.1) is 5.92 Å². The fraction of sp³-hybridized carbons (Fsp3) is 0.478. The topological polar surface area (TPSA) is 63.1 Å². The van der Waals surface area contributed by atoms with Crippen LogP contribution in [0.2, 0.25) is 0 Å². The van der Waals surface area contributed by atoms with Gasteiger partial charge in [0.1, 0.15) is 0 Å². The lowest BCUT2D eigenvalue weighted by Crippen LogP contribution is -2.13. The van der Waals surface area contributed by atoms with Gasteiger partial charge in [0.25, 0.3) is 0 Å². The Morgan fingerprint density at radius 1 is 1.18 bits per heavy atom. The van der Waals surface area contributed by atoms with E-state index in [0.29, 0.717) is 17.9 Å². The highest BCUT2D eigenvalue weighted by molar-refractivity contribution is 5.86. The van der Waals surface area contributed by atoms with Gasteiger partial charge in [0.05, 0.1) is 5.69 Å². The van der Waals surface area contributed by atoms with Crippen LogP contribution in [0.5, 0.6) is 0 Å². The molecule has 1 aliphatic carbocycles. The number of allylic oxidation sites excluding steroid dienone is 1. The molecule has 148 valence electrons. The van der Waals surface area contributed by atoms with Crippen molar-refractivity contribution in [1.29, 1.82) is 0 Å². The summed E-state index contributed by atoms with van der Waals surface area (Å²) in [5.74, 6) is 2.09. The highest BCUT2D eigenvalue weighted by Crippen LogP contribution is 2.33. The Labute approximate surface area is 168 Å². The number of hydrogen-bond donors (Lipinski definition) is 1. The van der Waals surface area contributed by atoms with Crippen LogP contribution in [0.15, 0.2) is 29.5 Å². The standard InChI is InChI=1S/C23H31N5/c1-7-16(6)27-22-17(10-14(2)3)11-18(12-24-22)19-8-9-21-20(19)13-25-23(28-21)26-15(4)5/h8,11-15H,7,9-10H2,1-6H3,(H,25,26,28)/b27-16-. The van der Waals surface area contributed by atoms with Gasteiger partial charge in [-0.15, -0.1) is 0 Å². The molecule has 0 bridgehead atoms. The lowest BCUT2D eigenvalue weighted by atomic mass is 9.98. The van der Waals surface area contributed by atoms with Crippen molar-refractivity contribution in [2.75, 3.05) is 5.32 Å². The molecule has 0 unspecified atom stereocenters. The van der Waals surface area contributed by atoms with Crippen LogP contribution in [0.3, 0.4) is 0 Å². The number of aromatic nitrogens is 3. The van der Waals surface area contributed by atoms with Crippen LogP contribution in [0.1, 0.15) is 70.3 Å². The summed E-state index contributed by atoms with van der Waals surface area (Å²) in [6.07, 6.45) is 8.83. The predicted molar refractivity (Wildman–Crippen MR) is 117 cm³/mol. The number of rotatable bonds is 7. The zero-order chi connectivity index (χ0) is 20.3. The van der Waals surface area contributed by atoms with E-state index in [2.05, 4.69) is 64.0 Å². The van der Waals surface area contributed by atoms with Crippen molar-refractivity contribution < 1.29 is 0 Å². The van der Waals surface area contributed by atoms with E-state index in [0.717, 1.165) is 47.6 Å². The minimum atomic E-state index is 0.314. The molecule has 28 heavy (non-hydrogen) atoms. The first-order chi connectivity index (χ1) is 13.4. The summed E-state index contributed by atoms with van der Waals surface area (Å²) in [4.78, 5) is 18.6. The van der Waals surface area contributed by atoms with E-state index >= 15 is 0 Å². The maximum absolute atomic E-state index is 4.73. The summed E-state index contributed by atoms with van der Waals surface area (Å²) in [6, 6.07) is 2.56. The predicted octanol–water partition coefficient (Wildman–Crippen LogP) is 5.38. The lowest BCUT2D eigenvalue weighted by Gasteiger charge is -2.13. The van der Waals surface area contributed by atoms with Gasteiger partial charge in [-0.3, -0.25) is 0 Å². The van der Waals surface area contributed by atoms with E-state index in [9.17, 15) is 0 Å². The number of hydrogen-bond acceptors (Lipinski definition) is 5. The highest BCUT2D eigenvalue weighted by Gasteiger charge is 2.20. The molecule has 3 rings (SSSR count). The van der Waals surface area contributed by atoms with Crippen LogP contribution in [-0.2, 0) is 12.8 Å². The van der Waals surface area contributed by atoms with Gasteiger partial charge < -0.3 is 5.32 Å². The van der Waals surface area contributed by atoms with Crippen molar-refractivity contribution >= 4 is 23.1 Å². The Morgan fingerprint density at radius 3 is 2.64 bits per heavy atom. The fourth-order valence-corrected chi connectivity index (χ4v) is 3.31. The van der Waals surface area contributed by atoms with Crippen molar-refractivity contribution in [1.82, 2.24) is 15.0 Å². The van der Waals surface area contributed by atoms with Crippen LogP contribution in [0.25, 0.3) is 5.57 Å². The van der Waals surface area contributed by atoms with Gasteiger partial charge in [0.2, 0.25) is 5.95 Å². The molecule has 0 spiro atoms. The zero-order valence-corrected chi connectivity index (χ0v) is 17.9. The van der Waals surface area contributed by atoms with Crippen molar-refractivity contribution in [2.45, 2.75) is 66.8 Å². The molecule has 0 radical (unpaired) electrons. The van der Waals surface area contributed by atoms with E-state index < -0.39 is 0 Å². The second-order valence-electron chi connectivity index (χ2n) is 8.18. The van der Waals surface area contributed by atoms with Gasteiger partial charge in [-0.1, -0.05) is 26.8 Å². The third-order valence-electron chi connectivity index (χ3n) is 4.77. The van der Waals surface area contributed by atoms with Crippen molar-refractivity contribution in [3.8, 4) is 0 Å². The minimum absolute atomic E-state index is 0.314. The molecule has 1 N–H and O–H groups in total. The summed E-state index contributed by atoms with van der Waals surface area (Å²) >= 11 is 0. The first-order valence-electron chi connectivity index (χ1n) is 10.2. The van der Waals surface area contributed by atoms with E-state index in [1.165, 1.54) is 11.1 Å². The van der Waals surface area contributed by atoms with E-state index in [1.54, 1.807) is 0 Å². The largest absolute Gasteiger partial charge is 0.352 e. The number of fused-ring (bicyclic) bond motifs is 1. The zero-order valence-electron chi connectivity index (χ0n) is 17.9. The van der Waals surface area contributed by atoms with E-state index in [1.807, 2.05) is 12.4 Å². The Bertz CT molecular complexity index is 909. The second kappa shape index (κ2) is 8.63. The van der Waals surface area contributed by atoms with Crippen LogP contribution in [0.4, 0.5) is 11.8 Å². The molecule has 2 heterocycles. The maximum Gasteiger partial charge on any atom is 0.223 e. The number of anilines is 1. The molecule has 0 fully saturated rings. The molecule has 0 atom stereocenters. The quantitative estimate of drug-likeness (QED) is 0.658. The molecular formula is C23H31N5. The van der Waals surface area contributed by atoms with Crippen molar-refractivity contribution in [2.24, 2.45) is 10.9 Å². The SMILES string of the molecule is CC/C(C)=N\c1ncc(C2=CCc3nc(NC(C)C)ncc32)cc1CC(C)C. The molecule has 5 nitrogen and oxygen atoms in total. The summed E-state index contributed by atoms with van der Waals surface area (Å²) in [5.41, 5.74) is 6.78. The summed E-state index contributed by atoms with van der Waals surface area (Å²) in [6.45, 7) is 12.8. The number of pyridine rings is 1. The first kappa shape index (κ1) is 20.2. The number of nitrogens with one attached hydrogen (secondary N) is 1. The Morgan fingerprint density at radius 2 is 1.96 bits per heavy atom. The highest BCUT2D eigenvalue weighted by atomic mass is 15.1. The first-order valence-corrected chi connectivity index (χ1v) is 10.2. The van der Waals surface area contributed by atoms with Crippen LogP contribution < -0.4 is 5.32 Å². The molecule has 2 aromatic heterocycles. The Balaban J connectivity index is 1.95. The van der Waals surface area contributed by atoms with Gasteiger partial charge in [0.15, 0.2) is 5.82 Å². The lowest BCUT2D eigenvalue weighted by molar-refractivity contribution is 0.646. The molecule has 0 aliphatic heterocycles. The van der Waals surface area contributed by atoms with Crippen molar-refractivity contribution in [3.63, 3.8) is 0 Å². The van der Waals surface area contributed by atoms with E-state index in [-0.39, 0.29) is 0 Å². The molecule has 1 aliphatic rings.